The molecule has 3 aliphatic rings. The van der Waals surface area contributed by atoms with Gasteiger partial charge in [0.25, 0.3) is 12.3 Å². The van der Waals surface area contributed by atoms with E-state index in [-0.39, 0.29) is 11.9 Å². The highest BCUT2D eigenvalue weighted by atomic mass is 32.2. The monoisotopic (exact) mass is 545 g/mol. The summed E-state index contributed by atoms with van der Waals surface area (Å²) in [7, 11) is 0. The van der Waals surface area contributed by atoms with Gasteiger partial charge in [-0.15, -0.1) is 0 Å². The minimum atomic E-state index is -2.62. The standard InChI is InChI=1S/C25H29F2N7O3S/c1-15-14-37-10-9-34(15)22-18-13-33(24(35)23-28-7-11-38-23)8-6-19(18)31-21(32-22)16-2-4-17(5-3-16)30-25(36)29-12-20(26)27/h2-5,15,20H,6-14H2,1H3,(H2,29,30,36)/t15-/m0/s1. The summed E-state index contributed by atoms with van der Waals surface area (Å²) < 4.78 is 30.3. The average Bonchev–Trinajstić information content (AvgIpc) is 3.47. The maximum atomic E-state index is 13.1. The predicted octanol–water partition coefficient (Wildman–Crippen LogP) is 2.79. The molecule has 3 aliphatic heterocycles. The maximum Gasteiger partial charge on any atom is 0.319 e. The van der Waals surface area contributed by atoms with E-state index >= 15 is 0 Å². The Balaban J connectivity index is 1.41. The summed E-state index contributed by atoms with van der Waals surface area (Å²) >= 11 is 1.50. The largest absolute Gasteiger partial charge is 0.377 e. The first kappa shape index (κ1) is 26.3. The van der Waals surface area contributed by atoms with Crippen LogP contribution in [0.5, 0.6) is 0 Å². The first-order chi connectivity index (χ1) is 18.4. The minimum absolute atomic E-state index is 0.0381. The number of halogens is 2. The average molecular weight is 546 g/mol. The SMILES string of the molecule is C[C@H]1COCCN1c1nc(-c2ccc(NC(=O)NCC(F)F)cc2)nc2c1CN(C(=O)C1=NCCS1)CC2. The highest BCUT2D eigenvalue weighted by Gasteiger charge is 2.32. The number of morpholine rings is 1. The molecule has 38 heavy (non-hydrogen) atoms. The van der Waals surface area contributed by atoms with Gasteiger partial charge in [0.15, 0.2) is 10.9 Å². The molecule has 13 heteroatoms. The summed E-state index contributed by atoms with van der Waals surface area (Å²) in [5, 5.41) is 5.22. The van der Waals surface area contributed by atoms with Crippen LogP contribution in [-0.4, -0.2) is 89.5 Å². The number of anilines is 2. The second kappa shape index (κ2) is 11.6. The molecule has 202 valence electrons. The van der Waals surface area contributed by atoms with Gasteiger partial charge in [0, 0.05) is 48.6 Å². The van der Waals surface area contributed by atoms with Gasteiger partial charge in [0.05, 0.1) is 38.0 Å². The Labute approximate surface area is 223 Å². The number of rotatable bonds is 6. The number of urea groups is 1. The smallest absolute Gasteiger partial charge is 0.319 e. The van der Waals surface area contributed by atoms with Gasteiger partial charge in [0.2, 0.25) is 0 Å². The molecular formula is C25H29F2N7O3S. The third-order valence-electron chi connectivity index (χ3n) is 6.55. The Hall–Kier alpha value is -3.32. The molecule has 2 aromatic rings. The van der Waals surface area contributed by atoms with Gasteiger partial charge < -0.3 is 25.2 Å². The molecule has 0 unspecified atom stereocenters. The molecule has 1 aromatic carbocycles. The van der Waals surface area contributed by atoms with Crippen LogP contribution in [-0.2, 0) is 22.5 Å². The van der Waals surface area contributed by atoms with Gasteiger partial charge in [-0.2, -0.15) is 0 Å². The van der Waals surface area contributed by atoms with Crippen molar-refractivity contribution in [2.24, 2.45) is 4.99 Å². The first-order valence-electron chi connectivity index (χ1n) is 12.5. The van der Waals surface area contributed by atoms with E-state index in [4.69, 9.17) is 14.7 Å². The van der Waals surface area contributed by atoms with Crippen molar-refractivity contribution in [3.05, 3.63) is 35.5 Å². The number of alkyl halides is 2. The molecule has 4 heterocycles. The van der Waals surface area contributed by atoms with Crippen molar-refractivity contribution in [2.75, 3.05) is 55.4 Å². The van der Waals surface area contributed by atoms with Crippen LogP contribution in [0.2, 0.25) is 0 Å². The summed E-state index contributed by atoms with van der Waals surface area (Å²) in [6, 6.07) is 6.33. The molecular weight excluding hydrogens is 516 g/mol. The number of aromatic nitrogens is 2. The van der Waals surface area contributed by atoms with Crippen LogP contribution in [0.15, 0.2) is 29.3 Å². The third-order valence-corrected chi connectivity index (χ3v) is 7.52. The summed E-state index contributed by atoms with van der Waals surface area (Å²) in [5.41, 5.74) is 3.06. The number of carbonyl (C=O) groups excluding carboxylic acids is 2. The van der Waals surface area contributed by atoms with Crippen LogP contribution in [0.25, 0.3) is 11.4 Å². The normalized spacial score (nSPS) is 19.3. The van der Waals surface area contributed by atoms with Crippen molar-refractivity contribution in [1.29, 1.82) is 0 Å². The zero-order valence-electron chi connectivity index (χ0n) is 21.0. The molecule has 2 N–H and O–H groups in total. The van der Waals surface area contributed by atoms with Gasteiger partial charge in [-0.1, -0.05) is 11.8 Å². The molecule has 1 saturated heterocycles. The Kier molecular flexibility index (Phi) is 8.03. The zero-order chi connectivity index (χ0) is 26.6. The van der Waals surface area contributed by atoms with E-state index in [1.807, 2.05) is 4.90 Å². The molecule has 1 atom stereocenters. The number of carbonyl (C=O) groups is 2. The van der Waals surface area contributed by atoms with Crippen molar-refractivity contribution in [3.63, 3.8) is 0 Å². The fourth-order valence-corrected chi connectivity index (χ4v) is 5.44. The van der Waals surface area contributed by atoms with Crippen molar-refractivity contribution >= 4 is 40.2 Å². The number of aliphatic imine (C=N–C) groups is 1. The number of nitrogens with one attached hydrogen (secondary N) is 2. The van der Waals surface area contributed by atoms with E-state index in [1.165, 1.54) is 11.8 Å². The summed E-state index contributed by atoms with van der Waals surface area (Å²) in [6.07, 6.45) is -2.02. The molecule has 0 radical (unpaired) electrons. The summed E-state index contributed by atoms with van der Waals surface area (Å²) in [5.74, 6) is 2.14. The van der Waals surface area contributed by atoms with Crippen molar-refractivity contribution < 1.29 is 23.1 Å². The van der Waals surface area contributed by atoms with Gasteiger partial charge >= 0.3 is 6.03 Å². The minimum Gasteiger partial charge on any atom is -0.377 e. The van der Waals surface area contributed by atoms with Crippen LogP contribution < -0.4 is 15.5 Å². The molecule has 0 aliphatic carbocycles. The van der Waals surface area contributed by atoms with E-state index in [0.717, 1.165) is 28.4 Å². The molecule has 1 fully saturated rings. The van der Waals surface area contributed by atoms with Crippen molar-refractivity contribution in [3.8, 4) is 11.4 Å². The van der Waals surface area contributed by atoms with E-state index in [0.29, 0.717) is 62.4 Å². The zero-order valence-corrected chi connectivity index (χ0v) is 21.8. The number of fused-ring (bicyclic) bond motifs is 1. The van der Waals surface area contributed by atoms with E-state index in [2.05, 4.69) is 27.4 Å². The van der Waals surface area contributed by atoms with Gasteiger partial charge in [-0.3, -0.25) is 9.79 Å². The van der Waals surface area contributed by atoms with Crippen LogP contribution in [0, 0.1) is 0 Å². The molecule has 3 amide bonds. The van der Waals surface area contributed by atoms with Crippen LogP contribution >= 0.6 is 11.8 Å². The molecule has 0 saturated carbocycles. The van der Waals surface area contributed by atoms with Crippen molar-refractivity contribution in [2.45, 2.75) is 32.4 Å². The third kappa shape index (κ3) is 5.88. The Morgan fingerprint density at radius 2 is 2.03 bits per heavy atom. The van der Waals surface area contributed by atoms with Gasteiger partial charge in [-0.05, 0) is 31.2 Å². The number of hydrogen-bond acceptors (Lipinski definition) is 8. The molecule has 0 bridgehead atoms. The lowest BCUT2D eigenvalue weighted by atomic mass is 10.0. The lowest BCUT2D eigenvalue weighted by molar-refractivity contribution is -0.124. The second-order valence-electron chi connectivity index (χ2n) is 9.23. The number of ether oxygens (including phenoxy) is 1. The van der Waals surface area contributed by atoms with Crippen LogP contribution in [0.1, 0.15) is 18.2 Å². The van der Waals surface area contributed by atoms with Gasteiger partial charge in [-0.25, -0.2) is 23.5 Å². The Bertz CT molecular complexity index is 1230. The van der Waals surface area contributed by atoms with E-state index in [9.17, 15) is 18.4 Å². The fraction of sp³-hybridized carbons (Fsp3) is 0.480. The quantitative estimate of drug-likeness (QED) is 0.574. The summed E-state index contributed by atoms with van der Waals surface area (Å²) in [6.45, 7) is 4.86. The van der Waals surface area contributed by atoms with Crippen LogP contribution in [0.3, 0.4) is 0 Å². The first-order valence-corrected chi connectivity index (χ1v) is 13.5. The fourth-order valence-electron chi connectivity index (χ4n) is 4.63. The van der Waals surface area contributed by atoms with Gasteiger partial charge in [0.1, 0.15) is 5.82 Å². The number of amides is 3. The summed E-state index contributed by atoms with van der Waals surface area (Å²) in [4.78, 5) is 43.1. The highest BCUT2D eigenvalue weighted by molar-refractivity contribution is 8.16. The van der Waals surface area contributed by atoms with Crippen molar-refractivity contribution in [1.82, 2.24) is 20.2 Å². The van der Waals surface area contributed by atoms with Crippen LogP contribution in [0.4, 0.5) is 25.1 Å². The maximum absolute atomic E-state index is 13.1. The Morgan fingerprint density at radius 3 is 2.74 bits per heavy atom. The van der Waals surface area contributed by atoms with E-state index < -0.39 is 19.0 Å². The second-order valence-corrected chi connectivity index (χ2v) is 10.3. The topological polar surface area (TPSA) is 112 Å². The molecule has 5 rings (SSSR count). The highest BCUT2D eigenvalue weighted by Crippen LogP contribution is 2.32. The number of hydrogen-bond donors (Lipinski definition) is 2. The number of benzene rings is 1. The Morgan fingerprint density at radius 1 is 1.21 bits per heavy atom. The lowest BCUT2D eigenvalue weighted by Gasteiger charge is -2.38. The molecule has 1 aromatic heterocycles. The predicted molar refractivity (Wildman–Crippen MR) is 142 cm³/mol. The number of thioether (sulfide) groups is 1. The molecule has 0 spiro atoms. The van der Waals surface area contributed by atoms with E-state index in [1.54, 1.807) is 24.3 Å². The number of nitrogens with zero attached hydrogens (tertiary/aromatic N) is 5. The molecule has 10 nitrogen and oxygen atoms in total. The lowest BCUT2D eigenvalue weighted by Crippen LogP contribution is -2.46.